The molecule has 0 bridgehead atoms. The summed E-state index contributed by atoms with van der Waals surface area (Å²) in [5, 5.41) is 0. The van der Waals surface area contributed by atoms with E-state index in [1.807, 2.05) is 0 Å². The Kier molecular flexibility index (Phi) is 4.57. The van der Waals surface area contributed by atoms with Gasteiger partial charge in [0.25, 0.3) is 0 Å². The lowest BCUT2D eigenvalue weighted by Gasteiger charge is -2.42. The molecule has 2 heteroatoms. The van der Waals surface area contributed by atoms with Crippen LogP contribution >= 0.6 is 0 Å². The Morgan fingerprint density at radius 1 is 0.900 bits per heavy atom. The quantitative estimate of drug-likeness (QED) is 0.766. The van der Waals surface area contributed by atoms with Gasteiger partial charge in [-0.1, -0.05) is 0 Å². The van der Waals surface area contributed by atoms with Crippen LogP contribution in [0.2, 0.25) is 0 Å². The van der Waals surface area contributed by atoms with Gasteiger partial charge < -0.3 is 0 Å². The number of nitrogens with zero attached hydrogens (tertiary/aromatic N) is 2. The molecular weight excluding hydrogens is 244 g/mol. The highest BCUT2D eigenvalue weighted by Gasteiger charge is 2.42. The van der Waals surface area contributed by atoms with Crippen LogP contribution < -0.4 is 0 Å². The Morgan fingerprint density at radius 2 is 1.55 bits per heavy atom. The summed E-state index contributed by atoms with van der Waals surface area (Å²) in [5.41, 5.74) is 0.683. The molecule has 2 aliphatic rings. The summed E-state index contributed by atoms with van der Waals surface area (Å²) in [7, 11) is 0. The second-order valence-corrected chi connectivity index (χ2v) is 8.85. The zero-order valence-corrected chi connectivity index (χ0v) is 14.9. The zero-order valence-electron chi connectivity index (χ0n) is 14.9. The molecule has 3 atom stereocenters. The van der Waals surface area contributed by atoms with Crippen LogP contribution in [-0.4, -0.2) is 46.1 Å². The van der Waals surface area contributed by atoms with Crippen molar-refractivity contribution in [2.75, 3.05) is 13.1 Å². The average molecular weight is 280 g/mol. The molecule has 0 aromatic carbocycles. The van der Waals surface area contributed by atoms with Crippen molar-refractivity contribution in [2.45, 2.75) is 97.3 Å². The molecular formula is C18H36N2. The second kappa shape index (κ2) is 5.61. The van der Waals surface area contributed by atoms with Gasteiger partial charge in [-0.05, 0) is 93.2 Å². The molecule has 0 aromatic heterocycles. The summed E-state index contributed by atoms with van der Waals surface area (Å²) in [6.45, 7) is 19.5. The largest absolute Gasteiger partial charge is 0.296 e. The molecule has 2 rings (SSSR count). The molecule has 0 aliphatic carbocycles. The van der Waals surface area contributed by atoms with Crippen LogP contribution in [0.4, 0.5) is 0 Å². The first-order chi connectivity index (χ1) is 9.13. The van der Waals surface area contributed by atoms with Crippen molar-refractivity contribution in [3.63, 3.8) is 0 Å². The molecule has 0 amide bonds. The Hall–Kier alpha value is -0.0800. The van der Waals surface area contributed by atoms with E-state index in [-0.39, 0.29) is 0 Å². The Morgan fingerprint density at radius 3 is 2.00 bits per heavy atom. The minimum Gasteiger partial charge on any atom is -0.296 e. The fraction of sp³-hybridized carbons (Fsp3) is 1.00. The minimum atomic E-state index is 0.319. The summed E-state index contributed by atoms with van der Waals surface area (Å²) in [5.74, 6) is 0.858. The van der Waals surface area contributed by atoms with Gasteiger partial charge in [0.2, 0.25) is 0 Å². The first kappa shape index (κ1) is 16.3. The van der Waals surface area contributed by atoms with Gasteiger partial charge >= 0.3 is 0 Å². The van der Waals surface area contributed by atoms with Crippen LogP contribution in [0.25, 0.3) is 0 Å². The third kappa shape index (κ3) is 3.22. The smallest absolute Gasteiger partial charge is 0.0159 e. The molecule has 0 radical (unpaired) electrons. The minimum absolute atomic E-state index is 0.319. The van der Waals surface area contributed by atoms with E-state index in [1.54, 1.807) is 0 Å². The maximum atomic E-state index is 2.76. The van der Waals surface area contributed by atoms with Crippen molar-refractivity contribution in [3.05, 3.63) is 0 Å². The van der Waals surface area contributed by atoms with Gasteiger partial charge in [0.05, 0.1) is 0 Å². The molecule has 2 heterocycles. The van der Waals surface area contributed by atoms with E-state index in [0.717, 1.165) is 18.0 Å². The van der Waals surface area contributed by atoms with Crippen LogP contribution in [0, 0.1) is 5.92 Å². The lowest BCUT2D eigenvalue weighted by molar-refractivity contribution is 0.0670. The van der Waals surface area contributed by atoms with Crippen molar-refractivity contribution >= 4 is 0 Å². The first-order valence-corrected chi connectivity index (χ1v) is 8.66. The van der Waals surface area contributed by atoms with Gasteiger partial charge in [-0.3, -0.25) is 9.80 Å². The maximum Gasteiger partial charge on any atom is 0.0159 e. The summed E-state index contributed by atoms with van der Waals surface area (Å²) in [4.78, 5) is 5.47. The highest BCUT2D eigenvalue weighted by Crippen LogP contribution is 2.38. The van der Waals surface area contributed by atoms with Gasteiger partial charge in [-0.2, -0.15) is 0 Å². The lowest BCUT2D eigenvalue weighted by atomic mass is 9.84. The first-order valence-electron chi connectivity index (χ1n) is 8.66. The predicted molar refractivity (Wildman–Crippen MR) is 88.1 cm³/mol. The normalized spacial score (nSPS) is 34.0. The van der Waals surface area contributed by atoms with Crippen LogP contribution in [0.1, 0.15) is 74.1 Å². The van der Waals surface area contributed by atoms with Crippen molar-refractivity contribution < 1.29 is 0 Å². The second-order valence-electron chi connectivity index (χ2n) is 8.85. The molecule has 2 fully saturated rings. The van der Waals surface area contributed by atoms with Crippen molar-refractivity contribution in [1.29, 1.82) is 0 Å². The monoisotopic (exact) mass is 280 g/mol. The van der Waals surface area contributed by atoms with Gasteiger partial charge in [-0.25, -0.2) is 0 Å². The molecule has 0 spiro atoms. The summed E-state index contributed by atoms with van der Waals surface area (Å²) in [6.07, 6.45) is 5.51. The third-order valence-electron chi connectivity index (χ3n) is 5.87. The summed E-state index contributed by atoms with van der Waals surface area (Å²) >= 11 is 0. The van der Waals surface area contributed by atoms with Crippen LogP contribution in [0.5, 0.6) is 0 Å². The van der Waals surface area contributed by atoms with Crippen molar-refractivity contribution in [1.82, 2.24) is 9.80 Å². The molecule has 118 valence electrons. The number of rotatable bonds is 3. The average Bonchev–Trinajstić information content (AvgIpc) is 2.85. The highest BCUT2D eigenvalue weighted by molar-refractivity contribution is 4.97. The highest BCUT2D eigenvalue weighted by atomic mass is 15.3. The molecule has 0 saturated carbocycles. The fourth-order valence-electron chi connectivity index (χ4n) is 4.81. The number of hydrogen-bond donors (Lipinski definition) is 0. The van der Waals surface area contributed by atoms with Gasteiger partial charge in [0.15, 0.2) is 0 Å². The molecule has 0 aromatic rings. The Labute approximate surface area is 126 Å². The molecule has 2 saturated heterocycles. The van der Waals surface area contributed by atoms with E-state index in [4.69, 9.17) is 0 Å². The molecule has 2 aliphatic heterocycles. The molecule has 20 heavy (non-hydrogen) atoms. The van der Waals surface area contributed by atoms with Crippen LogP contribution in [0.3, 0.4) is 0 Å². The number of likely N-dealkylation sites (tertiary alicyclic amines) is 2. The van der Waals surface area contributed by atoms with E-state index in [2.05, 4.69) is 58.3 Å². The Bertz CT molecular complexity index is 329. The van der Waals surface area contributed by atoms with Crippen molar-refractivity contribution in [3.8, 4) is 0 Å². The van der Waals surface area contributed by atoms with Gasteiger partial charge in [0, 0.05) is 23.2 Å². The van der Waals surface area contributed by atoms with Gasteiger partial charge in [0.1, 0.15) is 0 Å². The number of hydrogen-bond acceptors (Lipinski definition) is 2. The molecule has 2 nitrogen and oxygen atoms in total. The van der Waals surface area contributed by atoms with E-state index >= 15 is 0 Å². The van der Waals surface area contributed by atoms with Crippen LogP contribution in [-0.2, 0) is 0 Å². The predicted octanol–water partition coefficient (Wildman–Crippen LogP) is 4.15. The maximum absolute atomic E-state index is 2.76. The van der Waals surface area contributed by atoms with E-state index in [9.17, 15) is 0 Å². The molecule has 2 unspecified atom stereocenters. The standard InChI is InChI=1S/C18H36N2/c1-14-9-8-11-19(14)18(6,7)13-16-10-12-20(15(16)2)17(3,4)5/h14-16H,8-13H2,1-7H3/t14-,15?,16?/m0/s1. The SMILES string of the molecule is CC1C(CC(C)(C)N2CCC[C@@H]2C)CCN1C(C)(C)C. The fourth-order valence-corrected chi connectivity index (χ4v) is 4.81. The Balaban J connectivity index is 2.00. The van der Waals surface area contributed by atoms with E-state index in [0.29, 0.717) is 11.1 Å². The van der Waals surface area contributed by atoms with Crippen LogP contribution in [0.15, 0.2) is 0 Å². The lowest BCUT2D eigenvalue weighted by Crippen LogP contribution is -2.49. The van der Waals surface area contributed by atoms with Crippen molar-refractivity contribution in [2.24, 2.45) is 5.92 Å². The summed E-state index contributed by atoms with van der Waals surface area (Å²) in [6, 6.07) is 1.51. The third-order valence-corrected chi connectivity index (χ3v) is 5.87. The summed E-state index contributed by atoms with van der Waals surface area (Å²) < 4.78 is 0. The zero-order chi connectivity index (χ0) is 15.1. The van der Waals surface area contributed by atoms with E-state index in [1.165, 1.54) is 38.8 Å². The van der Waals surface area contributed by atoms with Gasteiger partial charge in [-0.15, -0.1) is 0 Å². The van der Waals surface area contributed by atoms with E-state index < -0.39 is 0 Å². The topological polar surface area (TPSA) is 6.48 Å². The molecule has 0 N–H and O–H groups in total.